The van der Waals surface area contributed by atoms with Crippen LogP contribution in [-0.2, 0) is 34.1 Å². The van der Waals surface area contributed by atoms with E-state index < -0.39 is 8.07 Å². The Kier molecular flexibility index (Phi) is 15.4. The predicted octanol–water partition coefficient (Wildman–Crippen LogP) is 14.1. The van der Waals surface area contributed by atoms with Gasteiger partial charge in [-0.3, -0.25) is 0 Å². The van der Waals surface area contributed by atoms with Crippen molar-refractivity contribution in [3.8, 4) is 22.3 Å². The van der Waals surface area contributed by atoms with Crippen molar-refractivity contribution in [1.29, 1.82) is 0 Å². The van der Waals surface area contributed by atoms with Crippen LogP contribution in [0.4, 0.5) is 0 Å². The van der Waals surface area contributed by atoms with Crippen LogP contribution in [0.25, 0.3) is 34.4 Å². The molecule has 0 N–H and O–H groups in total. The van der Waals surface area contributed by atoms with E-state index in [9.17, 15) is 0 Å². The van der Waals surface area contributed by atoms with E-state index >= 15 is 0 Å². The van der Waals surface area contributed by atoms with Crippen LogP contribution in [-0.4, -0.2) is 8.07 Å². The Labute approximate surface area is 330 Å². The zero-order chi connectivity index (χ0) is 34.1. The Hall–Kier alpha value is -3.42. The van der Waals surface area contributed by atoms with Gasteiger partial charge >= 0.3 is 34.1 Å². The van der Waals surface area contributed by atoms with Gasteiger partial charge in [0.1, 0.15) is 0 Å². The van der Waals surface area contributed by atoms with Crippen LogP contribution in [0.15, 0.2) is 157 Å². The van der Waals surface area contributed by atoms with Gasteiger partial charge in [0, 0.05) is 0 Å². The summed E-state index contributed by atoms with van der Waals surface area (Å²) in [5.74, 6) is 0. The van der Waals surface area contributed by atoms with Crippen molar-refractivity contribution in [1.82, 2.24) is 0 Å². The van der Waals surface area contributed by atoms with Crippen molar-refractivity contribution in [2.45, 2.75) is 76.5 Å². The van der Waals surface area contributed by atoms with E-state index in [1.165, 1.54) is 71.9 Å². The molecular weight excluding hydrogens is 716 g/mol. The summed E-state index contributed by atoms with van der Waals surface area (Å²) in [5, 5.41) is 0. The van der Waals surface area contributed by atoms with Gasteiger partial charge in [-0.05, 0) is 36.8 Å². The first-order valence-electron chi connectivity index (χ1n) is 18.5. The monoisotopic (exact) mass is 768 g/mol. The molecule has 0 saturated carbocycles. The molecule has 2 unspecified atom stereocenters. The van der Waals surface area contributed by atoms with E-state index in [4.69, 9.17) is 0 Å². The predicted molar refractivity (Wildman–Crippen MR) is 217 cm³/mol. The van der Waals surface area contributed by atoms with Gasteiger partial charge in [-0.2, -0.15) is 60.7 Å². The summed E-state index contributed by atoms with van der Waals surface area (Å²) >= 11 is 0. The second-order valence-corrected chi connectivity index (χ2v) is 19.0. The minimum absolute atomic E-state index is 0. The average Bonchev–Trinajstić information content (AvgIpc) is 3.97. The molecule has 264 valence electrons. The zero-order valence-corrected chi connectivity index (χ0v) is 33.8. The van der Waals surface area contributed by atoms with Crippen molar-refractivity contribution >= 4 is 20.2 Å². The summed E-state index contributed by atoms with van der Waals surface area (Å²) in [4.78, 5) is 0. The fourth-order valence-corrected chi connectivity index (χ4v) is 13.1. The summed E-state index contributed by atoms with van der Waals surface area (Å²) in [6, 6.07) is 52.0. The van der Waals surface area contributed by atoms with E-state index in [2.05, 4.69) is 124 Å². The molecule has 0 amide bonds. The van der Waals surface area contributed by atoms with Crippen LogP contribution in [0.2, 0.25) is 13.1 Å². The second-order valence-electron chi connectivity index (χ2n) is 14.2. The number of allylic oxidation sites excluding steroid dienone is 2. The third-order valence-electron chi connectivity index (χ3n) is 10.5. The van der Waals surface area contributed by atoms with Gasteiger partial charge in [-0.1, -0.05) is 121 Å². The Bertz CT molecular complexity index is 1720. The summed E-state index contributed by atoms with van der Waals surface area (Å²) in [7, 11) is -1.92. The molecule has 6 aromatic carbocycles. The molecule has 2 aliphatic rings. The number of unbranched alkanes of at least 4 members (excludes halogenated alkanes) is 2. The fourth-order valence-electron chi connectivity index (χ4n) is 8.30. The Morgan fingerprint density at radius 1 is 0.529 bits per heavy atom. The first-order valence-corrected chi connectivity index (χ1v) is 21.6. The fraction of sp³-hybridized carbons (Fsp3) is 0.250. The first kappa shape index (κ1) is 40.3. The van der Waals surface area contributed by atoms with Crippen molar-refractivity contribution in [2.75, 3.05) is 0 Å². The third-order valence-corrected chi connectivity index (χ3v) is 14.8. The Morgan fingerprint density at radius 2 is 0.902 bits per heavy atom. The summed E-state index contributed by atoms with van der Waals surface area (Å²) in [5.41, 5.74) is 16.2. The smallest absolute Gasteiger partial charge is 0.214 e. The van der Waals surface area contributed by atoms with Gasteiger partial charge in [-0.15, -0.1) is 47.5 Å². The molecule has 51 heavy (non-hydrogen) atoms. The number of rotatable bonds is 10. The third kappa shape index (κ3) is 9.15. The molecule has 0 radical (unpaired) electrons. The molecule has 2 aliphatic carbocycles. The van der Waals surface area contributed by atoms with Crippen molar-refractivity contribution in [3.63, 3.8) is 0 Å². The minimum atomic E-state index is -1.92. The van der Waals surface area contributed by atoms with Crippen LogP contribution in [0.1, 0.15) is 85.7 Å². The molecule has 8 rings (SSSR count). The largest absolute Gasteiger partial charge is 2.00 e. The van der Waals surface area contributed by atoms with E-state index in [0.717, 1.165) is 0 Å². The Balaban J connectivity index is 0.000000419. The standard InChI is InChI=1S/C38H42Si.2C5H5.2Fe/c1-5-7-15-29-25-35-31(27-17-9-10-18-27)21-13-23-33(35)37(29)39(3,4)38-30(16-8-6-2)26-36-32(22-14-24-34(36)38)28-19-11-12-20-28;2*1-2-4-5-3-1;;/h9-14,17-26,37-38H,5-8,15-16H2,1-4H3;2*1-5H;;/q-2;2*-1;2*+2. The summed E-state index contributed by atoms with van der Waals surface area (Å²) < 4.78 is 0. The minimum Gasteiger partial charge on any atom is -0.214 e. The second kappa shape index (κ2) is 19.4. The molecule has 6 aromatic rings. The average molecular weight is 769 g/mol. The van der Waals surface area contributed by atoms with Crippen LogP contribution < -0.4 is 0 Å². The van der Waals surface area contributed by atoms with E-state index in [1.54, 1.807) is 22.3 Å². The number of fused-ring (bicyclic) bond motifs is 2. The molecule has 0 aromatic heterocycles. The summed E-state index contributed by atoms with van der Waals surface area (Å²) in [6.07, 6.45) is 12.7. The van der Waals surface area contributed by atoms with E-state index in [0.29, 0.717) is 11.1 Å². The SMILES string of the molecule is CCCCC1=Cc2c(-[c-]3cccc3)cccc2C1[Si](C)(C)C1C(CCCC)=Cc2c(-[c-]3cccc3)cccc21.[Fe+2].[Fe+2].c1cc[cH-]c1.c1cc[cH-]c1. The molecular formula is C48H52Fe2Si. The van der Waals surface area contributed by atoms with Crippen molar-refractivity contribution in [2.24, 2.45) is 0 Å². The van der Waals surface area contributed by atoms with Gasteiger partial charge < -0.3 is 0 Å². The van der Waals surface area contributed by atoms with Crippen LogP contribution >= 0.6 is 0 Å². The molecule has 0 nitrogen and oxygen atoms in total. The maximum atomic E-state index is 2.70. The van der Waals surface area contributed by atoms with Crippen LogP contribution in [0.5, 0.6) is 0 Å². The molecule has 0 bridgehead atoms. The van der Waals surface area contributed by atoms with E-state index in [-0.39, 0.29) is 34.1 Å². The van der Waals surface area contributed by atoms with Gasteiger partial charge in [0.05, 0.1) is 8.07 Å². The van der Waals surface area contributed by atoms with Crippen molar-refractivity contribution in [3.05, 3.63) is 179 Å². The van der Waals surface area contributed by atoms with Gasteiger partial charge in [0.2, 0.25) is 0 Å². The quantitative estimate of drug-likeness (QED) is 0.0962. The molecule has 3 heteroatoms. The van der Waals surface area contributed by atoms with Crippen LogP contribution in [0, 0.1) is 0 Å². The normalized spacial score (nSPS) is 15.5. The molecule has 0 aliphatic heterocycles. The Morgan fingerprint density at radius 3 is 1.22 bits per heavy atom. The molecule has 2 atom stereocenters. The maximum absolute atomic E-state index is 2.70. The topological polar surface area (TPSA) is 0 Å². The van der Waals surface area contributed by atoms with Crippen molar-refractivity contribution < 1.29 is 34.1 Å². The maximum Gasteiger partial charge on any atom is 2.00 e. The molecule has 0 heterocycles. The zero-order valence-electron chi connectivity index (χ0n) is 30.6. The molecule has 0 spiro atoms. The first-order chi connectivity index (χ1) is 24.0. The number of hydrogen-bond acceptors (Lipinski definition) is 0. The van der Waals surface area contributed by atoms with Gasteiger partial charge in [0.15, 0.2) is 0 Å². The number of benzene rings is 2. The van der Waals surface area contributed by atoms with Gasteiger partial charge in [0.25, 0.3) is 0 Å². The van der Waals surface area contributed by atoms with Gasteiger partial charge in [-0.25, -0.2) is 24.3 Å². The molecule has 0 fully saturated rings. The van der Waals surface area contributed by atoms with E-state index in [1.807, 2.05) is 60.7 Å². The summed E-state index contributed by atoms with van der Waals surface area (Å²) in [6.45, 7) is 10.1. The molecule has 0 saturated heterocycles. The van der Waals surface area contributed by atoms with Crippen LogP contribution in [0.3, 0.4) is 0 Å². The number of hydrogen-bond donors (Lipinski definition) is 0.